The van der Waals surface area contributed by atoms with Gasteiger partial charge in [-0.3, -0.25) is 0 Å². The predicted molar refractivity (Wildman–Crippen MR) is 44.0 cm³/mol. The molecule has 11 heavy (non-hydrogen) atoms. The van der Waals surface area contributed by atoms with E-state index in [0.717, 1.165) is 24.7 Å². The molecule has 2 aliphatic rings. The highest BCUT2D eigenvalue weighted by molar-refractivity contribution is 5.08. The van der Waals surface area contributed by atoms with Crippen LogP contribution in [0.15, 0.2) is 0 Å². The topological polar surface area (TPSA) is 9.23 Å². The monoisotopic (exact) mass is 150 g/mol. The highest BCUT2D eigenvalue weighted by Gasteiger charge is 2.49. The van der Waals surface area contributed by atoms with Crippen molar-refractivity contribution in [2.24, 2.45) is 11.8 Å². The molecule has 0 aromatic carbocycles. The van der Waals surface area contributed by atoms with Gasteiger partial charge >= 0.3 is 0 Å². The van der Waals surface area contributed by atoms with Gasteiger partial charge in [0, 0.05) is 20.0 Å². The number of ether oxygens (including phenoxy) is 1. The Balaban J connectivity index is 1.93. The summed E-state index contributed by atoms with van der Waals surface area (Å²) in [5.74, 6) is 8.05. The van der Waals surface area contributed by atoms with Gasteiger partial charge in [-0.15, -0.1) is 11.8 Å². The van der Waals surface area contributed by atoms with Crippen molar-refractivity contribution >= 4 is 0 Å². The maximum Gasteiger partial charge on any atom is 0.0635 e. The van der Waals surface area contributed by atoms with Gasteiger partial charge in [-0.25, -0.2) is 0 Å². The van der Waals surface area contributed by atoms with Gasteiger partial charge in [0.05, 0.1) is 6.10 Å². The molecule has 1 heteroatoms. The highest BCUT2D eigenvalue weighted by Crippen LogP contribution is 2.47. The molecule has 0 N–H and O–H groups in total. The van der Waals surface area contributed by atoms with Crippen molar-refractivity contribution < 1.29 is 4.74 Å². The van der Waals surface area contributed by atoms with Gasteiger partial charge in [-0.05, 0) is 24.7 Å². The molecule has 0 radical (unpaired) electrons. The summed E-state index contributed by atoms with van der Waals surface area (Å²) < 4.78 is 5.36. The molecule has 2 rings (SSSR count). The van der Waals surface area contributed by atoms with Gasteiger partial charge in [-0.2, -0.15) is 0 Å². The Morgan fingerprint density at radius 3 is 2.09 bits per heavy atom. The van der Waals surface area contributed by atoms with Crippen molar-refractivity contribution in [1.82, 2.24) is 0 Å². The van der Waals surface area contributed by atoms with Gasteiger partial charge in [0.15, 0.2) is 0 Å². The summed E-state index contributed by atoms with van der Waals surface area (Å²) in [4.78, 5) is 0. The van der Waals surface area contributed by atoms with E-state index in [-0.39, 0.29) is 0 Å². The first-order valence-electron chi connectivity index (χ1n) is 4.42. The Hall–Kier alpha value is -0.480. The molecule has 0 saturated heterocycles. The first-order chi connectivity index (χ1) is 5.43. The van der Waals surface area contributed by atoms with Crippen molar-refractivity contribution in [3.8, 4) is 11.8 Å². The summed E-state index contributed by atoms with van der Waals surface area (Å²) in [5.41, 5.74) is 0. The second-order valence-electron chi connectivity index (χ2n) is 3.46. The van der Waals surface area contributed by atoms with Crippen LogP contribution in [0.3, 0.4) is 0 Å². The Bertz CT molecular complexity index is 181. The number of fused-ring (bicyclic) bond motifs is 1. The number of rotatable bonds is 1. The van der Waals surface area contributed by atoms with Crippen LogP contribution in [0.1, 0.15) is 25.7 Å². The van der Waals surface area contributed by atoms with Crippen LogP contribution in [0.4, 0.5) is 0 Å². The van der Waals surface area contributed by atoms with Crippen LogP contribution < -0.4 is 0 Å². The van der Waals surface area contributed by atoms with Crippen LogP contribution in [-0.2, 0) is 4.74 Å². The third-order valence-electron chi connectivity index (χ3n) is 2.86. The summed E-state index contributed by atoms with van der Waals surface area (Å²) in [7, 11) is 1.83. The summed E-state index contributed by atoms with van der Waals surface area (Å²) in [6.07, 6.45) is 5.26. The fraction of sp³-hybridized carbons (Fsp3) is 0.800. The average molecular weight is 150 g/mol. The summed E-state index contributed by atoms with van der Waals surface area (Å²) >= 11 is 0. The lowest BCUT2D eigenvalue weighted by atomic mass is 10.1. The van der Waals surface area contributed by atoms with Gasteiger partial charge in [0.1, 0.15) is 0 Å². The molecule has 0 heterocycles. The molecular formula is C10H14O. The van der Waals surface area contributed by atoms with Gasteiger partial charge in [0.25, 0.3) is 0 Å². The van der Waals surface area contributed by atoms with E-state index < -0.39 is 0 Å². The van der Waals surface area contributed by atoms with E-state index in [2.05, 4.69) is 11.8 Å². The molecule has 0 aromatic heterocycles. The minimum absolute atomic E-state index is 0.566. The van der Waals surface area contributed by atoms with E-state index in [9.17, 15) is 0 Å². The summed E-state index contributed by atoms with van der Waals surface area (Å²) in [6.45, 7) is 0. The van der Waals surface area contributed by atoms with E-state index in [0.29, 0.717) is 6.10 Å². The quantitative estimate of drug-likeness (QED) is 0.518. The minimum atomic E-state index is 0.566. The van der Waals surface area contributed by atoms with Gasteiger partial charge in [0.2, 0.25) is 0 Å². The van der Waals surface area contributed by atoms with Crippen molar-refractivity contribution in [1.29, 1.82) is 0 Å². The fourth-order valence-electron chi connectivity index (χ4n) is 2.17. The summed E-state index contributed by atoms with van der Waals surface area (Å²) in [6, 6.07) is 0. The Kier molecular flexibility index (Phi) is 1.87. The van der Waals surface area contributed by atoms with Crippen LogP contribution in [0.2, 0.25) is 0 Å². The maximum absolute atomic E-state index is 5.36. The standard InChI is InChI=1S/C10H14O/c1-11-10-8-6-4-2-3-5-7-9(8)10/h8-10H,4-7H2,1H3. The second-order valence-corrected chi connectivity index (χ2v) is 3.46. The smallest absolute Gasteiger partial charge is 0.0635 e. The first kappa shape index (κ1) is 7.18. The Morgan fingerprint density at radius 1 is 1.09 bits per heavy atom. The molecule has 1 fully saturated rings. The third-order valence-corrected chi connectivity index (χ3v) is 2.86. The molecule has 60 valence electrons. The molecule has 0 spiro atoms. The zero-order valence-electron chi connectivity index (χ0n) is 6.97. The van der Waals surface area contributed by atoms with Crippen molar-refractivity contribution in [3.05, 3.63) is 0 Å². The van der Waals surface area contributed by atoms with Crippen molar-refractivity contribution in [2.45, 2.75) is 31.8 Å². The summed E-state index contributed by atoms with van der Waals surface area (Å²) in [5, 5.41) is 0. The molecule has 0 aromatic rings. The van der Waals surface area contributed by atoms with E-state index in [1.54, 1.807) is 0 Å². The molecule has 1 saturated carbocycles. The molecule has 2 atom stereocenters. The molecule has 2 aliphatic carbocycles. The number of methoxy groups -OCH3 is 1. The third kappa shape index (κ3) is 1.28. The lowest BCUT2D eigenvalue weighted by Gasteiger charge is -1.95. The number of hydrogen-bond donors (Lipinski definition) is 0. The Morgan fingerprint density at radius 2 is 1.64 bits per heavy atom. The zero-order valence-corrected chi connectivity index (χ0v) is 6.97. The Labute approximate surface area is 68.1 Å². The minimum Gasteiger partial charge on any atom is -0.381 e. The largest absolute Gasteiger partial charge is 0.381 e. The lowest BCUT2D eigenvalue weighted by molar-refractivity contribution is 0.158. The van der Waals surface area contributed by atoms with E-state index in [4.69, 9.17) is 4.74 Å². The van der Waals surface area contributed by atoms with Crippen LogP contribution >= 0.6 is 0 Å². The van der Waals surface area contributed by atoms with Crippen LogP contribution in [-0.4, -0.2) is 13.2 Å². The lowest BCUT2D eigenvalue weighted by Crippen LogP contribution is -1.91. The molecular weight excluding hydrogens is 136 g/mol. The molecule has 0 aliphatic heterocycles. The maximum atomic E-state index is 5.36. The average Bonchev–Trinajstić information content (AvgIpc) is 2.60. The first-order valence-corrected chi connectivity index (χ1v) is 4.42. The predicted octanol–water partition coefficient (Wildman–Crippen LogP) is 1.82. The second kappa shape index (κ2) is 2.87. The molecule has 1 nitrogen and oxygen atoms in total. The van der Waals surface area contributed by atoms with Crippen LogP contribution in [0.25, 0.3) is 0 Å². The molecule has 0 bridgehead atoms. The molecule has 0 amide bonds. The normalized spacial score (nSPS) is 41.0. The van der Waals surface area contributed by atoms with E-state index in [1.807, 2.05) is 7.11 Å². The van der Waals surface area contributed by atoms with E-state index >= 15 is 0 Å². The van der Waals surface area contributed by atoms with Crippen molar-refractivity contribution in [2.75, 3.05) is 7.11 Å². The fourth-order valence-corrected chi connectivity index (χ4v) is 2.17. The number of hydrogen-bond acceptors (Lipinski definition) is 1. The molecule has 2 unspecified atom stereocenters. The van der Waals surface area contributed by atoms with Crippen LogP contribution in [0, 0.1) is 23.7 Å². The SMILES string of the molecule is COC1C2CCC#CCCC21. The van der Waals surface area contributed by atoms with Crippen LogP contribution in [0.5, 0.6) is 0 Å². The van der Waals surface area contributed by atoms with Gasteiger partial charge in [-0.1, -0.05) is 0 Å². The highest BCUT2D eigenvalue weighted by atomic mass is 16.5. The van der Waals surface area contributed by atoms with E-state index in [1.165, 1.54) is 12.8 Å². The zero-order chi connectivity index (χ0) is 7.68. The van der Waals surface area contributed by atoms with Crippen molar-refractivity contribution in [3.63, 3.8) is 0 Å². The van der Waals surface area contributed by atoms with Gasteiger partial charge < -0.3 is 4.74 Å².